The van der Waals surface area contributed by atoms with Gasteiger partial charge >= 0.3 is 0 Å². The number of likely N-dealkylation sites (tertiary alicyclic amines) is 1. The van der Waals surface area contributed by atoms with Crippen molar-refractivity contribution in [1.82, 2.24) is 9.88 Å². The van der Waals surface area contributed by atoms with Gasteiger partial charge < -0.3 is 20.2 Å². The number of rotatable bonds is 4. The van der Waals surface area contributed by atoms with Crippen molar-refractivity contribution in [2.75, 3.05) is 29.9 Å². The lowest BCUT2D eigenvalue weighted by molar-refractivity contribution is -0.139. The molecule has 1 aromatic heterocycles. The number of aromatic nitrogens is 1. The summed E-state index contributed by atoms with van der Waals surface area (Å²) < 4.78 is 0. The molecule has 3 heterocycles. The van der Waals surface area contributed by atoms with Crippen molar-refractivity contribution in [3.63, 3.8) is 0 Å². The van der Waals surface area contributed by atoms with E-state index in [1.54, 1.807) is 6.20 Å². The fourth-order valence-electron chi connectivity index (χ4n) is 5.83. The molecule has 168 valence electrons. The quantitative estimate of drug-likeness (QED) is 0.773. The second kappa shape index (κ2) is 8.41. The number of hydrogen-bond donors (Lipinski definition) is 2. The minimum Gasteiger partial charge on any atom is -0.393 e. The molecule has 0 aromatic carbocycles. The van der Waals surface area contributed by atoms with Crippen LogP contribution < -0.4 is 10.2 Å². The van der Waals surface area contributed by atoms with Gasteiger partial charge in [0.15, 0.2) is 0 Å². The monoisotopic (exact) mass is 426 g/mol. The van der Waals surface area contributed by atoms with Gasteiger partial charge in [-0.15, -0.1) is 0 Å². The van der Waals surface area contributed by atoms with E-state index in [9.17, 15) is 14.7 Å². The highest BCUT2D eigenvalue weighted by atomic mass is 16.3. The molecule has 4 aliphatic rings. The molecule has 2 saturated carbocycles. The van der Waals surface area contributed by atoms with Crippen molar-refractivity contribution in [2.45, 2.75) is 76.4 Å². The Bertz CT molecular complexity index is 817. The summed E-state index contributed by atoms with van der Waals surface area (Å²) in [6.07, 6.45) is 11.0. The van der Waals surface area contributed by atoms with Gasteiger partial charge in [-0.2, -0.15) is 0 Å². The zero-order valence-electron chi connectivity index (χ0n) is 18.3. The van der Waals surface area contributed by atoms with Crippen molar-refractivity contribution in [3.8, 4) is 0 Å². The predicted octanol–water partition coefficient (Wildman–Crippen LogP) is 2.94. The maximum absolute atomic E-state index is 13.5. The van der Waals surface area contributed by atoms with Gasteiger partial charge in [0.1, 0.15) is 5.82 Å². The van der Waals surface area contributed by atoms with E-state index in [1.165, 1.54) is 0 Å². The molecule has 7 heteroatoms. The first-order valence-electron chi connectivity index (χ1n) is 12.1. The lowest BCUT2D eigenvalue weighted by atomic mass is 9.78. The zero-order chi connectivity index (χ0) is 21.4. The van der Waals surface area contributed by atoms with Crippen LogP contribution in [-0.2, 0) is 9.59 Å². The van der Waals surface area contributed by atoms with Crippen LogP contribution in [0.3, 0.4) is 0 Å². The van der Waals surface area contributed by atoms with Crippen LogP contribution in [0.4, 0.5) is 11.5 Å². The Hall–Kier alpha value is -2.15. The standard InChI is InChI=1S/C24H34N4O3/c29-20-8-6-19(7-9-20)28-14-12-24(23(28)31)11-2-13-27(16-24)21-10-5-18(15-25-21)26-22(30)17-3-1-4-17/h5,10,15,17,19-20,29H,1-4,6-9,11-14,16H2,(H,26,30)/t19?,20?,24-/m1/s1. The van der Waals surface area contributed by atoms with E-state index in [4.69, 9.17) is 0 Å². The van der Waals surface area contributed by atoms with Gasteiger partial charge in [-0.05, 0) is 69.9 Å². The van der Waals surface area contributed by atoms with Crippen LogP contribution in [0.5, 0.6) is 0 Å². The lowest BCUT2D eigenvalue weighted by Gasteiger charge is -2.41. The first-order chi connectivity index (χ1) is 15.0. The molecule has 2 amide bonds. The summed E-state index contributed by atoms with van der Waals surface area (Å²) in [4.78, 5) is 34.6. The average molecular weight is 427 g/mol. The van der Waals surface area contributed by atoms with Gasteiger partial charge in [-0.3, -0.25) is 9.59 Å². The molecule has 1 aromatic rings. The number of pyridine rings is 1. The third-order valence-electron chi connectivity index (χ3n) is 8.05. The minimum absolute atomic E-state index is 0.101. The number of nitrogens with zero attached hydrogens (tertiary/aromatic N) is 3. The molecule has 4 fully saturated rings. The van der Waals surface area contributed by atoms with Crippen LogP contribution in [0.15, 0.2) is 18.3 Å². The Balaban J connectivity index is 1.23. The molecule has 1 spiro atoms. The Labute approximate surface area is 184 Å². The Morgan fingerprint density at radius 1 is 1.06 bits per heavy atom. The molecule has 2 saturated heterocycles. The smallest absolute Gasteiger partial charge is 0.230 e. The van der Waals surface area contributed by atoms with E-state index in [0.29, 0.717) is 11.9 Å². The number of aliphatic hydroxyl groups excluding tert-OH is 1. The molecule has 31 heavy (non-hydrogen) atoms. The van der Waals surface area contributed by atoms with E-state index in [1.807, 2.05) is 12.1 Å². The summed E-state index contributed by atoms with van der Waals surface area (Å²) in [6.45, 7) is 2.47. The summed E-state index contributed by atoms with van der Waals surface area (Å²) in [6, 6.07) is 4.19. The van der Waals surface area contributed by atoms with Crippen LogP contribution >= 0.6 is 0 Å². The predicted molar refractivity (Wildman–Crippen MR) is 119 cm³/mol. The van der Waals surface area contributed by atoms with E-state index >= 15 is 0 Å². The average Bonchev–Trinajstić information content (AvgIpc) is 3.03. The fraction of sp³-hybridized carbons (Fsp3) is 0.708. The number of piperidine rings is 1. The first-order valence-corrected chi connectivity index (χ1v) is 12.1. The first kappa shape index (κ1) is 20.7. The molecular formula is C24H34N4O3. The number of nitrogens with one attached hydrogen (secondary N) is 1. The highest BCUT2D eigenvalue weighted by Crippen LogP contribution is 2.43. The van der Waals surface area contributed by atoms with Crippen LogP contribution in [0.1, 0.15) is 64.2 Å². The molecule has 0 unspecified atom stereocenters. The number of carbonyl (C=O) groups excluding carboxylic acids is 2. The normalized spacial score (nSPS) is 31.7. The maximum atomic E-state index is 13.5. The van der Waals surface area contributed by atoms with Gasteiger partial charge in [0.2, 0.25) is 11.8 Å². The van der Waals surface area contributed by atoms with Gasteiger partial charge in [0.25, 0.3) is 0 Å². The molecule has 0 radical (unpaired) electrons. The molecule has 2 aliphatic carbocycles. The van der Waals surface area contributed by atoms with E-state index < -0.39 is 0 Å². The fourth-order valence-corrected chi connectivity index (χ4v) is 5.83. The van der Waals surface area contributed by atoms with Crippen molar-refractivity contribution < 1.29 is 14.7 Å². The summed E-state index contributed by atoms with van der Waals surface area (Å²) >= 11 is 0. The van der Waals surface area contributed by atoms with Gasteiger partial charge in [-0.1, -0.05) is 6.42 Å². The molecular weight excluding hydrogens is 392 g/mol. The molecule has 1 atom stereocenters. The SMILES string of the molecule is O=C(Nc1ccc(N2CCC[C@@]3(CCN(C4CCC(O)CC4)C3=O)C2)nc1)C1CCC1. The highest BCUT2D eigenvalue weighted by molar-refractivity contribution is 5.93. The number of aliphatic hydroxyl groups is 1. The Morgan fingerprint density at radius 2 is 1.87 bits per heavy atom. The van der Waals surface area contributed by atoms with Crippen LogP contribution in [0.25, 0.3) is 0 Å². The number of anilines is 2. The summed E-state index contributed by atoms with van der Waals surface area (Å²) in [5, 5.41) is 12.8. The van der Waals surface area contributed by atoms with Crippen molar-refractivity contribution in [3.05, 3.63) is 18.3 Å². The van der Waals surface area contributed by atoms with E-state index in [-0.39, 0.29) is 23.3 Å². The molecule has 2 aliphatic heterocycles. The van der Waals surface area contributed by atoms with Crippen LogP contribution in [-0.4, -0.2) is 58.6 Å². The summed E-state index contributed by atoms with van der Waals surface area (Å²) in [5.74, 6) is 1.45. The van der Waals surface area contributed by atoms with Crippen molar-refractivity contribution in [2.24, 2.45) is 11.3 Å². The van der Waals surface area contributed by atoms with Crippen LogP contribution in [0.2, 0.25) is 0 Å². The number of amides is 2. The Kier molecular flexibility index (Phi) is 5.63. The second-order valence-electron chi connectivity index (χ2n) is 10.0. The molecule has 5 rings (SSSR count). The minimum atomic E-state index is -0.299. The lowest BCUT2D eigenvalue weighted by Crippen LogP contribution is -2.50. The number of carbonyl (C=O) groups is 2. The zero-order valence-corrected chi connectivity index (χ0v) is 18.3. The van der Waals surface area contributed by atoms with Crippen LogP contribution in [0, 0.1) is 11.3 Å². The topological polar surface area (TPSA) is 85.8 Å². The summed E-state index contributed by atoms with van der Waals surface area (Å²) in [7, 11) is 0. The van der Waals surface area contributed by atoms with E-state index in [0.717, 1.165) is 95.3 Å². The number of hydrogen-bond acceptors (Lipinski definition) is 5. The van der Waals surface area contributed by atoms with Crippen molar-refractivity contribution in [1.29, 1.82) is 0 Å². The maximum Gasteiger partial charge on any atom is 0.230 e. The largest absolute Gasteiger partial charge is 0.393 e. The molecule has 7 nitrogen and oxygen atoms in total. The third kappa shape index (κ3) is 4.04. The van der Waals surface area contributed by atoms with Gasteiger partial charge in [0.05, 0.1) is 23.4 Å². The Morgan fingerprint density at radius 3 is 2.55 bits per heavy atom. The van der Waals surface area contributed by atoms with E-state index in [2.05, 4.69) is 20.1 Å². The molecule has 0 bridgehead atoms. The second-order valence-corrected chi connectivity index (χ2v) is 10.0. The van der Waals surface area contributed by atoms with Crippen molar-refractivity contribution >= 4 is 23.3 Å². The van der Waals surface area contributed by atoms with Gasteiger partial charge in [-0.25, -0.2) is 4.98 Å². The van der Waals surface area contributed by atoms with Gasteiger partial charge in [0, 0.05) is 31.6 Å². The highest BCUT2D eigenvalue weighted by Gasteiger charge is 2.50. The third-order valence-corrected chi connectivity index (χ3v) is 8.05. The summed E-state index contributed by atoms with van der Waals surface area (Å²) in [5.41, 5.74) is 0.447. The molecule has 2 N–H and O–H groups in total.